The van der Waals surface area contributed by atoms with Gasteiger partial charge in [0.2, 0.25) is 0 Å². The molecule has 0 atom stereocenters. The lowest BCUT2D eigenvalue weighted by atomic mass is 9.96. The highest BCUT2D eigenvalue weighted by Gasteiger charge is 2.23. The first-order valence-corrected chi connectivity index (χ1v) is 11.7. The number of benzene rings is 1. The van der Waals surface area contributed by atoms with Gasteiger partial charge < -0.3 is 20.1 Å². The zero-order valence-electron chi connectivity index (χ0n) is 19.2. The molecule has 9 heteroatoms. The van der Waals surface area contributed by atoms with Crippen LogP contribution in [0.15, 0.2) is 30.5 Å². The van der Waals surface area contributed by atoms with Crippen molar-refractivity contribution in [2.24, 2.45) is 0 Å². The molecule has 2 aromatic heterocycles. The first-order chi connectivity index (χ1) is 16.0. The van der Waals surface area contributed by atoms with Crippen LogP contribution in [0.1, 0.15) is 54.9 Å². The van der Waals surface area contributed by atoms with Crippen molar-refractivity contribution in [1.29, 1.82) is 0 Å². The number of fused-ring (bicyclic) bond motifs is 1. The normalized spacial score (nSPS) is 14.2. The van der Waals surface area contributed by atoms with Crippen molar-refractivity contribution in [1.82, 2.24) is 20.1 Å². The molecule has 0 saturated heterocycles. The molecule has 0 unspecified atom stereocenters. The van der Waals surface area contributed by atoms with Crippen LogP contribution in [0.4, 0.5) is 5.82 Å². The van der Waals surface area contributed by atoms with E-state index in [0.717, 1.165) is 29.3 Å². The minimum atomic E-state index is -0.471. The summed E-state index contributed by atoms with van der Waals surface area (Å²) in [5, 5.41) is 12.5. The first kappa shape index (κ1) is 23.0. The molecule has 0 amide bonds. The molecule has 1 aromatic carbocycles. The van der Waals surface area contributed by atoms with E-state index >= 15 is 0 Å². The smallest absolute Gasteiger partial charge is 0.343 e. The van der Waals surface area contributed by atoms with E-state index < -0.39 is 5.97 Å². The Labute approximate surface area is 198 Å². The topological polar surface area (TPSA) is 90.3 Å². The minimum absolute atomic E-state index is 0.263. The molecule has 8 nitrogen and oxygen atoms in total. The van der Waals surface area contributed by atoms with Gasteiger partial charge in [-0.15, -0.1) is 0 Å². The van der Waals surface area contributed by atoms with Gasteiger partial charge in [0, 0.05) is 11.4 Å². The van der Waals surface area contributed by atoms with Crippen LogP contribution >= 0.6 is 12.2 Å². The molecule has 33 heavy (non-hydrogen) atoms. The van der Waals surface area contributed by atoms with Crippen molar-refractivity contribution < 1.29 is 14.3 Å². The molecule has 0 aliphatic heterocycles. The molecule has 0 bridgehead atoms. The average molecular weight is 468 g/mol. The highest BCUT2D eigenvalue weighted by molar-refractivity contribution is 7.80. The Kier molecular flexibility index (Phi) is 7.08. The Bertz CT molecular complexity index is 1170. The highest BCUT2D eigenvalue weighted by atomic mass is 32.1. The van der Waals surface area contributed by atoms with Gasteiger partial charge in [-0.05, 0) is 56.6 Å². The Morgan fingerprint density at radius 2 is 2.06 bits per heavy atom. The van der Waals surface area contributed by atoms with Gasteiger partial charge in [-0.1, -0.05) is 31.4 Å². The predicted octanol–water partition coefficient (Wildman–Crippen LogP) is 4.53. The minimum Gasteiger partial charge on any atom is -0.494 e. The molecule has 1 fully saturated rings. The van der Waals surface area contributed by atoms with Crippen LogP contribution < -0.4 is 15.4 Å². The maximum absolute atomic E-state index is 12.6. The number of carbonyl (C=O) groups excluding carboxylic acids is 1. The molecule has 3 aromatic rings. The number of aryl methyl sites for hydroxylation is 1. The third-order valence-corrected chi connectivity index (χ3v) is 6.09. The summed E-state index contributed by atoms with van der Waals surface area (Å²) in [6.45, 7) is 4.04. The summed E-state index contributed by atoms with van der Waals surface area (Å²) < 4.78 is 12.3. The summed E-state index contributed by atoms with van der Waals surface area (Å²) in [6, 6.07) is 8.05. The third kappa shape index (κ3) is 4.93. The van der Waals surface area contributed by atoms with Crippen molar-refractivity contribution in [3.63, 3.8) is 0 Å². The van der Waals surface area contributed by atoms with Crippen molar-refractivity contribution in [2.75, 3.05) is 19.0 Å². The Morgan fingerprint density at radius 3 is 2.79 bits per heavy atom. The Hall–Kier alpha value is -3.20. The predicted molar refractivity (Wildman–Crippen MR) is 132 cm³/mol. The van der Waals surface area contributed by atoms with E-state index in [1.807, 2.05) is 31.2 Å². The van der Waals surface area contributed by atoms with Gasteiger partial charge in [-0.3, -0.25) is 0 Å². The van der Waals surface area contributed by atoms with Gasteiger partial charge in [0.05, 0.1) is 19.9 Å². The number of carbonyl (C=O) groups is 1. The van der Waals surface area contributed by atoms with E-state index in [-0.39, 0.29) is 6.61 Å². The van der Waals surface area contributed by atoms with Gasteiger partial charge in [0.25, 0.3) is 0 Å². The van der Waals surface area contributed by atoms with Crippen LogP contribution in [-0.4, -0.2) is 45.6 Å². The number of hydrogen-bond donors (Lipinski definition) is 2. The zero-order chi connectivity index (χ0) is 23.4. The molecular weight excluding hydrogens is 438 g/mol. The first-order valence-electron chi connectivity index (χ1n) is 11.3. The number of rotatable bonds is 6. The maximum Gasteiger partial charge on any atom is 0.343 e. The molecular formula is C24H29N5O3S. The zero-order valence-corrected chi connectivity index (χ0v) is 20.0. The van der Waals surface area contributed by atoms with E-state index in [4.69, 9.17) is 26.7 Å². The van der Waals surface area contributed by atoms with Crippen LogP contribution in [0.2, 0.25) is 0 Å². The number of anilines is 1. The second-order valence-electron chi connectivity index (χ2n) is 8.13. The van der Waals surface area contributed by atoms with Gasteiger partial charge in [0.1, 0.15) is 16.8 Å². The van der Waals surface area contributed by atoms with E-state index in [2.05, 4.69) is 15.7 Å². The van der Waals surface area contributed by atoms with Crippen LogP contribution in [0.3, 0.4) is 0 Å². The SMILES string of the molecule is CCOC(=O)c1cnn(-c2cc(C)c3cccc(OC)c3n2)c1NC(=S)NC1CCCCC1. The molecule has 1 aliphatic carbocycles. The van der Waals surface area contributed by atoms with E-state index in [1.54, 1.807) is 18.7 Å². The monoisotopic (exact) mass is 467 g/mol. The molecule has 1 aliphatic rings. The third-order valence-electron chi connectivity index (χ3n) is 5.87. The van der Waals surface area contributed by atoms with Gasteiger partial charge in [-0.25, -0.2) is 9.78 Å². The van der Waals surface area contributed by atoms with E-state index in [9.17, 15) is 4.79 Å². The molecule has 0 radical (unpaired) electrons. The lowest BCUT2D eigenvalue weighted by Gasteiger charge is -2.24. The van der Waals surface area contributed by atoms with Crippen molar-refractivity contribution in [3.05, 3.63) is 41.6 Å². The fourth-order valence-corrected chi connectivity index (χ4v) is 4.49. The summed E-state index contributed by atoms with van der Waals surface area (Å²) in [5.41, 5.74) is 2.03. The number of aromatic nitrogens is 3. The summed E-state index contributed by atoms with van der Waals surface area (Å²) in [5.74, 6) is 1.16. The fourth-order valence-electron chi connectivity index (χ4n) is 4.22. The number of pyridine rings is 1. The van der Waals surface area contributed by atoms with Crippen LogP contribution in [0, 0.1) is 6.92 Å². The number of nitrogens with zero attached hydrogens (tertiary/aromatic N) is 3. The molecule has 2 heterocycles. The number of ether oxygens (including phenoxy) is 2. The van der Waals surface area contributed by atoms with Crippen LogP contribution in [0.25, 0.3) is 16.7 Å². The number of thiocarbonyl (C=S) groups is 1. The fraction of sp³-hybridized carbons (Fsp3) is 0.417. The van der Waals surface area contributed by atoms with Crippen molar-refractivity contribution >= 4 is 40.0 Å². The average Bonchev–Trinajstić information content (AvgIpc) is 3.23. The number of esters is 1. The van der Waals surface area contributed by atoms with Crippen LogP contribution in [-0.2, 0) is 4.74 Å². The van der Waals surface area contributed by atoms with Gasteiger partial charge in [0.15, 0.2) is 16.7 Å². The van der Waals surface area contributed by atoms with Crippen LogP contribution in [0.5, 0.6) is 5.75 Å². The number of para-hydroxylation sites is 1. The molecule has 4 rings (SSSR count). The lowest BCUT2D eigenvalue weighted by Crippen LogP contribution is -2.39. The lowest BCUT2D eigenvalue weighted by molar-refractivity contribution is 0.0527. The molecule has 1 saturated carbocycles. The number of methoxy groups -OCH3 is 1. The highest BCUT2D eigenvalue weighted by Crippen LogP contribution is 2.29. The van der Waals surface area contributed by atoms with Crippen molar-refractivity contribution in [3.8, 4) is 11.6 Å². The summed E-state index contributed by atoms with van der Waals surface area (Å²) in [4.78, 5) is 17.4. The largest absolute Gasteiger partial charge is 0.494 e. The van der Waals surface area contributed by atoms with Gasteiger partial charge in [-0.2, -0.15) is 9.78 Å². The van der Waals surface area contributed by atoms with Gasteiger partial charge >= 0.3 is 5.97 Å². The van der Waals surface area contributed by atoms with Crippen molar-refractivity contribution in [2.45, 2.75) is 52.0 Å². The quantitative estimate of drug-likeness (QED) is 0.404. The Morgan fingerprint density at radius 1 is 1.27 bits per heavy atom. The maximum atomic E-state index is 12.6. The van der Waals surface area contributed by atoms with E-state index in [0.29, 0.717) is 34.1 Å². The summed E-state index contributed by atoms with van der Waals surface area (Å²) >= 11 is 5.59. The molecule has 2 N–H and O–H groups in total. The van der Waals surface area contributed by atoms with E-state index in [1.165, 1.54) is 25.5 Å². The Balaban J connectivity index is 1.73. The standard InChI is InChI=1S/C24H29N5O3S/c1-4-32-23(30)18-14-25-29(22(18)28-24(33)26-16-9-6-5-7-10-16)20-13-15(2)17-11-8-12-19(31-3)21(17)27-20/h8,11-14,16H,4-7,9-10H2,1-3H3,(H2,26,28,33). The number of hydrogen-bond acceptors (Lipinski definition) is 6. The molecule has 0 spiro atoms. The summed E-state index contributed by atoms with van der Waals surface area (Å²) in [6.07, 6.45) is 7.28. The second-order valence-corrected chi connectivity index (χ2v) is 8.53. The molecule has 174 valence electrons. The second kappa shape index (κ2) is 10.2. The summed E-state index contributed by atoms with van der Waals surface area (Å²) in [7, 11) is 1.62. The number of nitrogens with one attached hydrogen (secondary N) is 2.